The summed E-state index contributed by atoms with van der Waals surface area (Å²) >= 11 is -3.11. The average molecular weight is 256 g/mol. The van der Waals surface area contributed by atoms with Crippen LogP contribution in [0.2, 0.25) is 0 Å². The molecule has 6 heteroatoms. The van der Waals surface area contributed by atoms with Gasteiger partial charge in [-0.3, -0.25) is 0 Å². The normalized spacial score (nSPS) is 10.9. The molecule has 0 radical (unpaired) electrons. The van der Waals surface area contributed by atoms with Crippen molar-refractivity contribution in [2.24, 2.45) is 0 Å². The van der Waals surface area contributed by atoms with E-state index in [4.69, 9.17) is 16.1 Å². The van der Waals surface area contributed by atoms with E-state index < -0.39 is 25.1 Å². The Bertz CT molecular complexity index is 161. The fourth-order valence-electron chi connectivity index (χ4n) is 0.989. The minimum absolute atomic E-state index is 0.485. The van der Waals surface area contributed by atoms with Crippen LogP contribution in [-0.4, -0.2) is 27.3 Å². The zero-order valence-electron chi connectivity index (χ0n) is 9.65. The summed E-state index contributed by atoms with van der Waals surface area (Å²) in [6, 6.07) is 0. The Labute approximate surface area is 98.1 Å². The molecule has 0 aromatic rings. The topological polar surface area (TPSA) is 54.0 Å². The summed E-state index contributed by atoms with van der Waals surface area (Å²) in [5.74, 6) is 0. The van der Waals surface area contributed by atoms with Crippen LogP contribution in [0.25, 0.3) is 0 Å². The molecule has 0 aliphatic heterocycles. The van der Waals surface area contributed by atoms with Crippen LogP contribution in [0.5, 0.6) is 0 Å². The molecular weight excluding hydrogens is 236 g/mol. The molecule has 0 aliphatic carbocycles. The van der Waals surface area contributed by atoms with Gasteiger partial charge >= 0.3 is 98.0 Å². The first kappa shape index (κ1) is 15.4. The Morgan fingerprint density at radius 2 is 1.80 bits per heavy atom. The summed E-state index contributed by atoms with van der Waals surface area (Å²) in [5.41, 5.74) is 0. The van der Waals surface area contributed by atoms with Gasteiger partial charge in [0.05, 0.1) is 0 Å². The molecule has 0 unspecified atom stereocenters. The van der Waals surface area contributed by atoms with Gasteiger partial charge in [0.15, 0.2) is 0 Å². The van der Waals surface area contributed by atoms with Crippen molar-refractivity contribution in [3.05, 3.63) is 0 Å². The maximum absolute atomic E-state index is 11.2. The van der Waals surface area contributed by atoms with Gasteiger partial charge in [0.1, 0.15) is 0 Å². The van der Waals surface area contributed by atoms with Crippen LogP contribution >= 0.6 is 0 Å². The Morgan fingerprint density at radius 1 is 1.13 bits per heavy atom. The molecule has 0 saturated heterocycles. The van der Waals surface area contributed by atoms with Gasteiger partial charge in [0, 0.05) is 0 Å². The monoisotopic (exact) mass is 256 g/mol. The zero-order valence-corrected chi connectivity index (χ0v) is 11.2. The van der Waals surface area contributed by atoms with Gasteiger partial charge in [0.25, 0.3) is 0 Å². The Morgan fingerprint density at radius 3 is 2.33 bits per heavy atom. The first-order valence-electron chi connectivity index (χ1n) is 5.13. The number of hydrogen-bond acceptors (Lipinski definition) is 5. The predicted octanol–water partition coefficient (Wildman–Crippen LogP) is 1.97. The van der Waals surface area contributed by atoms with Crippen LogP contribution in [-0.2, 0) is 38.1 Å². The second-order valence-electron chi connectivity index (χ2n) is 3.04. The fourth-order valence-corrected chi connectivity index (χ4v) is 2.13. The summed E-state index contributed by atoms with van der Waals surface area (Å²) < 4.78 is 30.7. The number of ether oxygens (including phenoxy) is 2. The van der Waals surface area contributed by atoms with E-state index in [2.05, 4.69) is 6.92 Å². The van der Waals surface area contributed by atoms with Crippen LogP contribution in [0.1, 0.15) is 32.6 Å². The van der Waals surface area contributed by atoms with Crippen molar-refractivity contribution < 1.29 is 38.1 Å². The Kier molecular flexibility index (Phi) is 11.1. The van der Waals surface area contributed by atoms with Crippen molar-refractivity contribution in [2.45, 2.75) is 39.1 Å². The second kappa shape index (κ2) is 10.9. The molecule has 0 fully saturated rings. The zero-order chi connectivity index (χ0) is 11.5. The van der Waals surface area contributed by atoms with Gasteiger partial charge in [-0.2, -0.15) is 0 Å². The van der Waals surface area contributed by atoms with Crippen molar-refractivity contribution in [2.75, 3.05) is 20.8 Å². The van der Waals surface area contributed by atoms with Crippen molar-refractivity contribution in [3.63, 3.8) is 0 Å². The van der Waals surface area contributed by atoms with E-state index in [1.807, 2.05) is 0 Å². The predicted molar refractivity (Wildman–Crippen MR) is 49.7 cm³/mol. The average Bonchev–Trinajstić information content (AvgIpc) is 2.25. The Hall–Kier alpha value is 0.354. The van der Waals surface area contributed by atoms with Gasteiger partial charge in [0.2, 0.25) is 0 Å². The number of rotatable bonds is 10. The van der Waals surface area contributed by atoms with Crippen LogP contribution < -0.4 is 0 Å². The van der Waals surface area contributed by atoms with Crippen LogP contribution in [0.4, 0.5) is 0 Å². The molecule has 0 aromatic carbocycles. The second-order valence-corrected chi connectivity index (χ2v) is 4.64. The summed E-state index contributed by atoms with van der Waals surface area (Å²) in [6.07, 6.45) is 4.37. The number of hydrogen-bond donors (Lipinski definition) is 0. The van der Waals surface area contributed by atoms with Crippen molar-refractivity contribution in [1.82, 2.24) is 0 Å². The minimum atomic E-state index is -3.11. The molecule has 90 valence electrons. The van der Waals surface area contributed by atoms with E-state index in [0.717, 1.165) is 12.8 Å². The van der Waals surface area contributed by atoms with Gasteiger partial charge < -0.3 is 0 Å². The molecule has 15 heavy (non-hydrogen) atoms. The van der Waals surface area contributed by atoms with E-state index in [9.17, 15) is 3.32 Å². The molecule has 0 bridgehead atoms. The van der Waals surface area contributed by atoms with Gasteiger partial charge in [-0.15, -0.1) is 0 Å². The standard InChI is InChI=1S/C6H13O.C3H7O3.O.Ti/c1-2-3-4-5-6-7;1-5-3(4)6-2;;/h2-6H2,1H3;3H,1-2H3;;/q2*-1;;+2. The molecular formula is C9H20O5Ti. The van der Waals surface area contributed by atoms with Crippen molar-refractivity contribution >= 4 is 0 Å². The summed E-state index contributed by atoms with van der Waals surface area (Å²) in [4.78, 5) is 0. The number of unbranched alkanes of at least 4 members (excludes halogenated alkanes) is 3. The first-order valence-corrected chi connectivity index (χ1v) is 7.04. The third kappa shape index (κ3) is 9.29. The third-order valence-corrected chi connectivity index (χ3v) is 3.08. The molecule has 0 saturated carbocycles. The van der Waals surface area contributed by atoms with Gasteiger partial charge in [-0.25, -0.2) is 0 Å². The summed E-state index contributed by atoms with van der Waals surface area (Å²) in [5, 5.41) is 0. The third-order valence-electron chi connectivity index (χ3n) is 1.80. The summed E-state index contributed by atoms with van der Waals surface area (Å²) in [6.45, 7) is 1.74. The van der Waals surface area contributed by atoms with Gasteiger partial charge in [-0.05, 0) is 0 Å². The SMILES string of the molecule is CCCCCC[O][Ti](=[O])[O]C(OC)OC. The van der Waals surface area contributed by atoms with E-state index in [0.29, 0.717) is 6.61 Å². The van der Waals surface area contributed by atoms with E-state index >= 15 is 0 Å². The van der Waals surface area contributed by atoms with E-state index in [1.54, 1.807) is 0 Å². The maximum atomic E-state index is 11.2. The van der Waals surface area contributed by atoms with E-state index in [-0.39, 0.29) is 0 Å². The molecule has 0 heterocycles. The quantitative estimate of drug-likeness (QED) is 0.340. The Balaban J connectivity index is 3.40. The summed E-state index contributed by atoms with van der Waals surface area (Å²) in [7, 11) is 2.84. The molecule has 0 amide bonds. The molecule has 5 nitrogen and oxygen atoms in total. The van der Waals surface area contributed by atoms with Crippen LogP contribution in [0, 0.1) is 0 Å². The van der Waals surface area contributed by atoms with Crippen LogP contribution in [0.3, 0.4) is 0 Å². The van der Waals surface area contributed by atoms with Crippen molar-refractivity contribution in [1.29, 1.82) is 0 Å². The first-order chi connectivity index (χ1) is 7.24. The molecule has 0 rings (SSSR count). The number of methoxy groups -OCH3 is 2. The van der Waals surface area contributed by atoms with Gasteiger partial charge in [-0.1, -0.05) is 0 Å². The molecule has 0 spiro atoms. The molecule has 0 aromatic heterocycles. The molecule has 0 aliphatic rings. The van der Waals surface area contributed by atoms with E-state index in [1.165, 1.54) is 27.1 Å². The van der Waals surface area contributed by atoms with Crippen molar-refractivity contribution in [3.8, 4) is 0 Å². The fraction of sp³-hybridized carbons (Fsp3) is 1.00. The van der Waals surface area contributed by atoms with Crippen LogP contribution in [0.15, 0.2) is 0 Å². The molecule has 0 N–H and O–H groups in total. The molecule has 0 atom stereocenters.